The summed E-state index contributed by atoms with van der Waals surface area (Å²) in [6.45, 7) is 1.99. The number of esters is 1. The highest BCUT2D eigenvalue weighted by Gasteiger charge is 2.15. The number of hydrogen-bond donors (Lipinski definition) is 1. The van der Waals surface area contributed by atoms with E-state index in [2.05, 4.69) is 4.74 Å². The van der Waals surface area contributed by atoms with E-state index in [4.69, 9.17) is 19.9 Å². The molecule has 112 valence electrons. The topological polar surface area (TPSA) is 80.0 Å². The summed E-state index contributed by atoms with van der Waals surface area (Å²) in [5.74, 6) is -0.145. The van der Waals surface area contributed by atoms with Crippen molar-refractivity contribution in [1.29, 1.82) is 0 Å². The molecule has 2 N–H and O–H groups in total. The van der Waals surface area contributed by atoms with Crippen molar-refractivity contribution in [3.05, 3.63) is 23.8 Å². The van der Waals surface area contributed by atoms with Crippen molar-refractivity contribution in [2.24, 2.45) is 0 Å². The molecule has 0 aliphatic heterocycles. The Morgan fingerprint density at radius 3 is 2.65 bits per heavy atom. The van der Waals surface area contributed by atoms with Crippen LogP contribution in [0.5, 0.6) is 5.75 Å². The molecule has 0 atom stereocenters. The van der Waals surface area contributed by atoms with Crippen molar-refractivity contribution in [3.8, 4) is 5.75 Å². The Kier molecular flexibility index (Phi) is 7.46. The maximum absolute atomic E-state index is 11.6. The Morgan fingerprint density at radius 2 is 1.95 bits per heavy atom. The fraction of sp³-hybridized carbons (Fsp3) is 0.500. The Labute approximate surface area is 118 Å². The monoisotopic (exact) mass is 283 g/mol. The first-order valence-corrected chi connectivity index (χ1v) is 6.37. The highest BCUT2D eigenvalue weighted by Crippen LogP contribution is 2.26. The lowest BCUT2D eigenvalue weighted by atomic mass is 10.2. The van der Waals surface area contributed by atoms with E-state index >= 15 is 0 Å². The number of benzene rings is 1. The van der Waals surface area contributed by atoms with E-state index in [9.17, 15) is 4.79 Å². The maximum atomic E-state index is 11.6. The minimum Gasteiger partial charge on any atom is -0.488 e. The lowest BCUT2D eigenvalue weighted by molar-refractivity contribution is 0.0587. The fourth-order valence-corrected chi connectivity index (χ4v) is 1.60. The molecule has 0 aliphatic carbocycles. The van der Waals surface area contributed by atoms with Crippen LogP contribution in [-0.4, -0.2) is 46.6 Å². The van der Waals surface area contributed by atoms with Crippen molar-refractivity contribution in [3.63, 3.8) is 0 Å². The third-order valence-electron chi connectivity index (χ3n) is 2.56. The van der Waals surface area contributed by atoms with Crippen LogP contribution in [0, 0.1) is 0 Å². The van der Waals surface area contributed by atoms with Gasteiger partial charge < -0.3 is 24.7 Å². The zero-order valence-corrected chi connectivity index (χ0v) is 11.9. The fourth-order valence-electron chi connectivity index (χ4n) is 1.60. The zero-order chi connectivity index (χ0) is 14.8. The molecular formula is C14H21NO5. The first-order valence-electron chi connectivity index (χ1n) is 6.37. The van der Waals surface area contributed by atoms with Gasteiger partial charge >= 0.3 is 5.97 Å². The van der Waals surface area contributed by atoms with E-state index in [1.54, 1.807) is 25.3 Å². The minimum atomic E-state index is -0.478. The normalized spacial score (nSPS) is 10.3. The van der Waals surface area contributed by atoms with E-state index < -0.39 is 5.97 Å². The number of carbonyl (C=O) groups excluding carboxylic acids is 1. The molecule has 0 unspecified atom stereocenters. The highest BCUT2D eigenvalue weighted by atomic mass is 16.5. The van der Waals surface area contributed by atoms with Gasteiger partial charge in [0.15, 0.2) is 5.75 Å². The lowest BCUT2D eigenvalue weighted by Crippen LogP contribution is -2.12. The molecule has 0 heterocycles. The van der Waals surface area contributed by atoms with Crippen molar-refractivity contribution in [1.82, 2.24) is 0 Å². The second-order valence-electron chi connectivity index (χ2n) is 4.02. The summed E-state index contributed by atoms with van der Waals surface area (Å²) >= 11 is 0. The summed E-state index contributed by atoms with van der Waals surface area (Å²) in [4.78, 5) is 11.6. The molecule has 0 amide bonds. The molecule has 1 aromatic rings. The molecule has 1 rings (SSSR count). The quantitative estimate of drug-likeness (QED) is 0.420. The smallest absolute Gasteiger partial charge is 0.341 e. The van der Waals surface area contributed by atoms with Crippen molar-refractivity contribution >= 4 is 11.7 Å². The number of para-hydroxylation sites is 1. The van der Waals surface area contributed by atoms with Crippen molar-refractivity contribution in [2.75, 3.05) is 46.4 Å². The van der Waals surface area contributed by atoms with Crippen LogP contribution in [0.25, 0.3) is 0 Å². The van der Waals surface area contributed by atoms with Crippen LogP contribution in [0.3, 0.4) is 0 Å². The molecule has 0 aromatic heterocycles. The van der Waals surface area contributed by atoms with Crippen LogP contribution < -0.4 is 10.5 Å². The van der Waals surface area contributed by atoms with Crippen LogP contribution in [0.2, 0.25) is 0 Å². The predicted molar refractivity (Wildman–Crippen MR) is 75.0 cm³/mol. The molecule has 0 saturated carbocycles. The molecule has 1 aromatic carbocycles. The Morgan fingerprint density at radius 1 is 1.15 bits per heavy atom. The molecule has 6 nitrogen and oxygen atoms in total. The van der Waals surface area contributed by atoms with Crippen LogP contribution in [0.1, 0.15) is 16.8 Å². The predicted octanol–water partition coefficient (Wildman–Crippen LogP) is 1.49. The highest BCUT2D eigenvalue weighted by molar-refractivity contribution is 5.94. The van der Waals surface area contributed by atoms with E-state index in [1.165, 1.54) is 7.11 Å². The molecular weight excluding hydrogens is 262 g/mol. The summed E-state index contributed by atoms with van der Waals surface area (Å²) in [7, 11) is 2.96. The third-order valence-corrected chi connectivity index (χ3v) is 2.56. The van der Waals surface area contributed by atoms with Gasteiger partial charge in [-0.1, -0.05) is 6.07 Å². The molecule has 6 heteroatoms. The zero-order valence-electron chi connectivity index (χ0n) is 11.9. The second-order valence-corrected chi connectivity index (χ2v) is 4.02. The summed E-state index contributed by atoms with van der Waals surface area (Å²) in [6.07, 6.45) is 0.831. The van der Waals surface area contributed by atoms with Crippen molar-refractivity contribution < 1.29 is 23.7 Å². The third kappa shape index (κ3) is 5.07. The van der Waals surface area contributed by atoms with Gasteiger partial charge in [0.25, 0.3) is 0 Å². The van der Waals surface area contributed by atoms with Crippen LogP contribution in [-0.2, 0) is 14.2 Å². The Bertz CT molecular complexity index is 422. The van der Waals surface area contributed by atoms with Gasteiger partial charge in [-0.15, -0.1) is 0 Å². The number of nitrogens with two attached hydrogens (primary N) is 1. The molecule has 0 spiro atoms. The number of rotatable bonds is 9. The molecule has 20 heavy (non-hydrogen) atoms. The van der Waals surface area contributed by atoms with Gasteiger partial charge in [0.1, 0.15) is 12.2 Å². The number of anilines is 1. The standard InChI is InChI=1S/C14H21NO5/c1-17-7-4-8-19-9-10-20-13-11(14(16)18-2)5-3-6-12(13)15/h3,5-6H,4,7-10,15H2,1-2H3. The van der Waals surface area contributed by atoms with Gasteiger partial charge in [0.05, 0.1) is 19.4 Å². The minimum absolute atomic E-state index is 0.311. The molecule has 0 radical (unpaired) electrons. The summed E-state index contributed by atoms with van der Waals surface area (Å²) in [5.41, 5.74) is 6.51. The lowest BCUT2D eigenvalue weighted by Gasteiger charge is -2.12. The van der Waals surface area contributed by atoms with Gasteiger partial charge in [-0.3, -0.25) is 0 Å². The summed E-state index contributed by atoms with van der Waals surface area (Å²) < 4.78 is 20.5. The van der Waals surface area contributed by atoms with E-state index in [0.717, 1.165) is 6.42 Å². The average molecular weight is 283 g/mol. The number of methoxy groups -OCH3 is 2. The Balaban J connectivity index is 2.45. The van der Waals surface area contributed by atoms with Gasteiger partial charge in [-0.2, -0.15) is 0 Å². The first-order chi connectivity index (χ1) is 9.70. The van der Waals surface area contributed by atoms with E-state index in [1.807, 2.05) is 0 Å². The summed E-state index contributed by atoms with van der Waals surface area (Å²) in [6, 6.07) is 4.95. The molecule has 0 bridgehead atoms. The van der Waals surface area contributed by atoms with Gasteiger partial charge in [0.2, 0.25) is 0 Å². The Hall–Kier alpha value is -1.79. The van der Waals surface area contributed by atoms with Crippen LogP contribution in [0.4, 0.5) is 5.69 Å². The second kappa shape index (κ2) is 9.17. The van der Waals surface area contributed by atoms with E-state index in [-0.39, 0.29) is 0 Å². The molecule has 0 aliphatic rings. The van der Waals surface area contributed by atoms with Gasteiger partial charge in [-0.05, 0) is 18.6 Å². The van der Waals surface area contributed by atoms with E-state index in [0.29, 0.717) is 43.4 Å². The number of hydrogen-bond acceptors (Lipinski definition) is 6. The summed E-state index contributed by atoms with van der Waals surface area (Å²) in [5, 5.41) is 0. The molecule has 0 fully saturated rings. The largest absolute Gasteiger partial charge is 0.488 e. The van der Waals surface area contributed by atoms with Crippen LogP contribution >= 0.6 is 0 Å². The number of ether oxygens (including phenoxy) is 4. The maximum Gasteiger partial charge on any atom is 0.341 e. The average Bonchev–Trinajstić information content (AvgIpc) is 2.46. The SMILES string of the molecule is COCCCOCCOc1c(N)cccc1C(=O)OC. The van der Waals surface area contributed by atoms with Gasteiger partial charge in [-0.25, -0.2) is 4.79 Å². The number of nitrogen functional groups attached to an aromatic ring is 1. The van der Waals surface area contributed by atoms with Gasteiger partial charge in [0, 0.05) is 20.3 Å². The number of carbonyl (C=O) groups is 1. The van der Waals surface area contributed by atoms with Crippen LogP contribution in [0.15, 0.2) is 18.2 Å². The first kappa shape index (κ1) is 16.3. The molecule has 0 saturated heterocycles. The van der Waals surface area contributed by atoms with Crippen molar-refractivity contribution in [2.45, 2.75) is 6.42 Å².